The van der Waals surface area contributed by atoms with E-state index in [1.54, 1.807) is 0 Å². The lowest BCUT2D eigenvalue weighted by Gasteiger charge is -2.22. The van der Waals surface area contributed by atoms with Crippen molar-refractivity contribution in [2.24, 2.45) is 5.92 Å². The highest BCUT2D eigenvalue weighted by Gasteiger charge is 2.15. The van der Waals surface area contributed by atoms with Gasteiger partial charge in [-0.05, 0) is 33.1 Å². The van der Waals surface area contributed by atoms with Crippen LogP contribution in [0, 0.1) is 5.92 Å². The van der Waals surface area contributed by atoms with E-state index in [2.05, 4.69) is 24.5 Å². The van der Waals surface area contributed by atoms with Crippen molar-refractivity contribution in [2.75, 3.05) is 13.2 Å². The molecule has 1 atom stereocenters. The number of amides is 1. The predicted octanol–water partition coefficient (Wildman–Crippen LogP) is 0.898. The number of aliphatic hydroxyl groups excluding tert-OH is 1. The minimum atomic E-state index is -0.203. The fourth-order valence-electron chi connectivity index (χ4n) is 1.49. The Balaban J connectivity index is 3.88. The first-order chi connectivity index (χ1) is 7.24. The SMILES string of the molecule is CC(C)CC(CO)NCC(=O)NC(C)(C)C. The van der Waals surface area contributed by atoms with Crippen molar-refractivity contribution in [3.05, 3.63) is 0 Å². The Kier molecular flexibility index (Phi) is 6.60. The van der Waals surface area contributed by atoms with Crippen LogP contribution in [0.25, 0.3) is 0 Å². The van der Waals surface area contributed by atoms with Crippen LogP contribution in [0.4, 0.5) is 0 Å². The second-order valence-corrected chi connectivity index (χ2v) is 5.69. The zero-order valence-electron chi connectivity index (χ0n) is 11.1. The van der Waals surface area contributed by atoms with Crippen LogP contribution in [0.3, 0.4) is 0 Å². The average Bonchev–Trinajstić information content (AvgIpc) is 2.08. The highest BCUT2D eigenvalue weighted by atomic mass is 16.3. The molecule has 4 heteroatoms. The molecule has 0 fully saturated rings. The topological polar surface area (TPSA) is 61.4 Å². The lowest BCUT2D eigenvalue weighted by atomic mass is 10.0. The van der Waals surface area contributed by atoms with Crippen LogP contribution in [-0.4, -0.2) is 35.7 Å². The first-order valence-electron chi connectivity index (χ1n) is 5.90. The molecular weight excluding hydrogens is 204 g/mol. The van der Waals surface area contributed by atoms with E-state index in [0.717, 1.165) is 6.42 Å². The van der Waals surface area contributed by atoms with Crippen molar-refractivity contribution in [1.82, 2.24) is 10.6 Å². The largest absolute Gasteiger partial charge is 0.395 e. The summed E-state index contributed by atoms with van der Waals surface area (Å²) in [4.78, 5) is 11.5. The minimum Gasteiger partial charge on any atom is -0.395 e. The van der Waals surface area contributed by atoms with Gasteiger partial charge in [-0.15, -0.1) is 0 Å². The summed E-state index contributed by atoms with van der Waals surface area (Å²) >= 11 is 0. The summed E-state index contributed by atoms with van der Waals surface area (Å²) in [5.74, 6) is 0.477. The van der Waals surface area contributed by atoms with Gasteiger partial charge in [0.1, 0.15) is 0 Å². The van der Waals surface area contributed by atoms with E-state index in [4.69, 9.17) is 5.11 Å². The first-order valence-corrected chi connectivity index (χ1v) is 5.90. The van der Waals surface area contributed by atoms with Gasteiger partial charge in [-0.25, -0.2) is 0 Å². The van der Waals surface area contributed by atoms with Crippen molar-refractivity contribution in [2.45, 2.75) is 52.6 Å². The fraction of sp³-hybridized carbons (Fsp3) is 0.917. The second kappa shape index (κ2) is 6.86. The van der Waals surface area contributed by atoms with Crippen molar-refractivity contribution >= 4 is 5.91 Å². The first kappa shape index (κ1) is 15.4. The van der Waals surface area contributed by atoms with Crippen LogP contribution in [0.2, 0.25) is 0 Å². The van der Waals surface area contributed by atoms with E-state index in [-0.39, 0.29) is 30.6 Å². The molecule has 1 amide bonds. The van der Waals surface area contributed by atoms with Crippen molar-refractivity contribution in [3.8, 4) is 0 Å². The fourth-order valence-corrected chi connectivity index (χ4v) is 1.49. The Morgan fingerprint density at radius 2 is 1.88 bits per heavy atom. The minimum absolute atomic E-state index is 0.00529. The molecule has 0 spiro atoms. The van der Waals surface area contributed by atoms with Gasteiger partial charge in [-0.1, -0.05) is 13.8 Å². The third-order valence-corrected chi connectivity index (χ3v) is 2.04. The average molecular weight is 230 g/mol. The quantitative estimate of drug-likeness (QED) is 0.635. The summed E-state index contributed by atoms with van der Waals surface area (Å²) in [6, 6.07) is 0.00529. The van der Waals surface area contributed by atoms with Gasteiger partial charge in [-0.2, -0.15) is 0 Å². The number of carbonyl (C=O) groups excluding carboxylic acids is 1. The Morgan fingerprint density at radius 1 is 1.31 bits per heavy atom. The number of aliphatic hydroxyl groups is 1. The van der Waals surface area contributed by atoms with Gasteiger partial charge in [0.2, 0.25) is 5.91 Å². The molecular formula is C12H26N2O2. The number of nitrogens with one attached hydrogen (secondary N) is 2. The molecule has 0 saturated heterocycles. The molecule has 3 N–H and O–H groups in total. The molecule has 0 aromatic rings. The van der Waals surface area contributed by atoms with Gasteiger partial charge in [0.05, 0.1) is 13.2 Å². The third kappa shape index (κ3) is 8.68. The molecule has 0 aliphatic carbocycles. The summed E-state index contributed by atoms with van der Waals surface area (Å²) in [6.07, 6.45) is 0.874. The van der Waals surface area contributed by atoms with E-state index < -0.39 is 0 Å². The summed E-state index contributed by atoms with van der Waals surface area (Å²) in [6.45, 7) is 10.4. The zero-order chi connectivity index (χ0) is 12.8. The van der Waals surface area contributed by atoms with Crippen LogP contribution < -0.4 is 10.6 Å². The van der Waals surface area contributed by atoms with Crippen molar-refractivity contribution in [1.29, 1.82) is 0 Å². The second-order valence-electron chi connectivity index (χ2n) is 5.69. The van der Waals surface area contributed by atoms with Crippen LogP contribution in [-0.2, 0) is 4.79 Å². The third-order valence-electron chi connectivity index (χ3n) is 2.04. The molecule has 96 valence electrons. The van der Waals surface area contributed by atoms with Gasteiger partial charge in [0.15, 0.2) is 0 Å². The molecule has 0 aliphatic heterocycles. The lowest BCUT2D eigenvalue weighted by molar-refractivity contribution is -0.121. The summed E-state index contributed by atoms with van der Waals surface area (Å²) in [7, 11) is 0. The Morgan fingerprint density at radius 3 is 2.25 bits per heavy atom. The molecule has 4 nitrogen and oxygen atoms in total. The predicted molar refractivity (Wildman–Crippen MR) is 66.2 cm³/mol. The standard InChI is InChI=1S/C12H26N2O2/c1-9(2)6-10(8-15)13-7-11(16)14-12(3,4)5/h9-10,13,15H,6-8H2,1-5H3,(H,14,16). The normalized spacial score (nSPS) is 13.9. The Labute approximate surface area is 98.8 Å². The number of carbonyl (C=O) groups is 1. The Bertz CT molecular complexity index is 210. The maximum absolute atomic E-state index is 11.5. The summed E-state index contributed by atoms with van der Waals surface area (Å²) in [5.41, 5.74) is -0.203. The number of rotatable bonds is 6. The molecule has 0 saturated carbocycles. The van der Waals surface area contributed by atoms with Gasteiger partial charge >= 0.3 is 0 Å². The van der Waals surface area contributed by atoms with E-state index in [0.29, 0.717) is 5.92 Å². The van der Waals surface area contributed by atoms with Crippen LogP contribution in [0.15, 0.2) is 0 Å². The maximum Gasteiger partial charge on any atom is 0.234 e. The van der Waals surface area contributed by atoms with Gasteiger partial charge in [0, 0.05) is 11.6 Å². The van der Waals surface area contributed by atoms with Crippen molar-refractivity contribution in [3.63, 3.8) is 0 Å². The highest BCUT2D eigenvalue weighted by molar-refractivity contribution is 5.78. The van der Waals surface area contributed by atoms with Gasteiger partial charge in [-0.3, -0.25) is 4.79 Å². The van der Waals surface area contributed by atoms with E-state index >= 15 is 0 Å². The van der Waals surface area contributed by atoms with Gasteiger partial charge < -0.3 is 15.7 Å². The molecule has 0 heterocycles. The molecule has 0 aromatic carbocycles. The van der Waals surface area contributed by atoms with Crippen LogP contribution >= 0.6 is 0 Å². The molecule has 0 aromatic heterocycles. The monoisotopic (exact) mass is 230 g/mol. The summed E-state index contributed by atoms with van der Waals surface area (Å²) < 4.78 is 0. The smallest absolute Gasteiger partial charge is 0.234 e. The maximum atomic E-state index is 11.5. The zero-order valence-corrected chi connectivity index (χ0v) is 11.1. The number of hydrogen-bond donors (Lipinski definition) is 3. The molecule has 16 heavy (non-hydrogen) atoms. The van der Waals surface area contributed by atoms with E-state index in [1.165, 1.54) is 0 Å². The van der Waals surface area contributed by atoms with Gasteiger partial charge in [0.25, 0.3) is 0 Å². The van der Waals surface area contributed by atoms with Crippen LogP contribution in [0.1, 0.15) is 41.0 Å². The van der Waals surface area contributed by atoms with Crippen molar-refractivity contribution < 1.29 is 9.90 Å². The molecule has 0 radical (unpaired) electrons. The molecule has 0 aliphatic rings. The van der Waals surface area contributed by atoms with Crippen LogP contribution in [0.5, 0.6) is 0 Å². The lowest BCUT2D eigenvalue weighted by Crippen LogP contribution is -2.47. The van der Waals surface area contributed by atoms with E-state index in [1.807, 2.05) is 20.8 Å². The highest BCUT2D eigenvalue weighted by Crippen LogP contribution is 2.03. The van der Waals surface area contributed by atoms with E-state index in [9.17, 15) is 4.79 Å². The summed E-state index contributed by atoms with van der Waals surface area (Å²) in [5, 5.41) is 15.1. The molecule has 1 unspecified atom stereocenters. The molecule has 0 rings (SSSR count). The number of hydrogen-bond acceptors (Lipinski definition) is 3. The molecule has 0 bridgehead atoms. The Hall–Kier alpha value is -0.610.